The standard InChI is InChI=1S/C24H18F3N5O2/c1-15(33)28-17-8-6-16(7-9-17)23(34)29-18-10-12-19(13-11-18)31(2)22-5-3-4-21-30-20(14-32(21)22)24(25,26)27/h3-14H,2H2,1H3,(H-,28,29,33,34)/p+1. The lowest BCUT2D eigenvalue weighted by Crippen LogP contribution is -2.12. The number of hydrogen-bond acceptors (Lipinski definition) is 3. The molecule has 0 fully saturated rings. The van der Waals surface area contributed by atoms with Crippen molar-refractivity contribution in [3.63, 3.8) is 0 Å². The molecule has 0 atom stereocenters. The minimum atomic E-state index is -4.56. The zero-order chi connectivity index (χ0) is 24.5. The summed E-state index contributed by atoms with van der Waals surface area (Å²) in [6, 6.07) is 17.8. The molecular weight excluding hydrogens is 447 g/mol. The molecule has 0 unspecified atom stereocenters. The van der Waals surface area contributed by atoms with Crippen LogP contribution in [0, 0.1) is 0 Å². The number of pyridine rings is 1. The molecule has 0 bridgehead atoms. The molecule has 2 amide bonds. The van der Waals surface area contributed by atoms with Crippen LogP contribution in [0.25, 0.3) is 5.65 Å². The van der Waals surface area contributed by atoms with E-state index in [1.54, 1.807) is 60.7 Å². The van der Waals surface area contributed by atoms with E-state index < -0.39 is 11.9 Å². The van der Waals surface area contributed by atoms with Crippen LogP contribution < -0.4 is 15.2 Å². The number of fused-ring (bicyclic) bond motifs is 1. The molecule has 2 heterocycles. The number of anilines is 2. The van der Waals surface area contributed by atoms with Crippen molar-refractivity contribution in [3.8, 4) is 0 Å². The van der Waals surface area contributed by atoms with Gasteiger partial charge in [0.1, 0.15) is 11.9 Å². The lowest BCUT2D eigenvalue weighted by Gasteiger charge is -2.08. The molecule has 0 spiro atoms. The summed E-state index contributed by atoms with van der Waals surface area (Å²) in [7, 11) is 0. The normalized spacial score (nSPS) is 11.3. The molecule has 7 nitrogen and oxygen atoms in total. The lowest BCUT2D eigenvalue weighted by atomic mass is 10.2. The quantitative estimate of drug-likeness (QED) is 0.317. The number of hydrogen-bond donors (Lipinski definition) is 2. The second-order valence-electron chi connectivity index (χ2n) is 7.42. The molecule has 0 radical (unpaired) electrons. The molecule has 172 valence electrons. The van der Waals surface area contributed by atoms with Crippen molar-refractivity contribution < 1.29 is 22.8 Å². The van der Waals surface area contributed by atoms with E-state index in [1.807, 2.05) is 0 Å². The summed E-state index contributed by atoms with van der Waals surface area (Å²) in [5.74, 6) is -0.158. The third kappa shape index (κ3) is 4.80. The molecule has 34 heavy (non-hydrogen) atoms. The number of benzene rings is 2. The van der Waals surface area contributed by atoms with E-state index in [9.17, 15) is 22.8 Å². The van der Waals surface area contributed by atoms with Gasteiger partial charge < -0.3 is 10.6 Å². The summed E-state index contributed by atoms with van der Waals surface area (Å²) in [6.45, 7) is 5.35. The van der Waals surface area contributed by atoms with Gasteiger partial charge in [0.25, 0.3) is 11.7 Å². The van der Waals surface area contributed by atoms with Gasteiger partial charge in [0.2, 0.25) is 11.6 Å². The molecule has 2 aromatic carbocycles. The number of amides is 2. The number of halogens is 3. The third-order valence-corrected chi connectivity index (χ3v) is 4.94. The van der Waals surface area contributed by atoms with Gasteiger partial charge >= 0.3 is 6.18 Å². The molecule has 0 saturated carbocycles. The maximum absolute atomic E-state index is 13.1. The predicted octanol–water partition coefficient (Wildman–Crippen LogP) is 5.10. The zero-order valence-electron chi connectivity index (χ0n) is 17.9. The van der Waals surface area contributed by atoms with Crippen molar-refractivity contribution in [3.05, 3.63) is 84.2 Å². The van der Waals surface area contributed by atoms with E-state index in [1.165, 1.54) is 22.0 Å². The highest BCUT2D eigenvalue weighted by molar-refractivity contribution is 6.04. The van der Waals surface area contributed by atoms with Gasteiger partial charge in [-0.1, -0.05) is 0 Å². The average Bonchev–Trinajstić information content (AvgIpc) is 3.24. The zero-order valence-corrected chi connectivity index (χ0v) is 17.9. The Morgan fingerprint density at radius 1 is 0.941 bits per heavy atom. The van der Waals surface area contributed by atoms with Crippen molar-refractivity contribution in [1.82, 2.24) is 14.0 Å². The van der Waals surface area contributed by atoms with Crippen molar-refractivity contribution in [1.29, 1.82) is 0 Å². The summed E-state index contributed by atoms with van der Waals surface area (Å²) in [6.07, 6.45) is -3.63. The van der Waals surface area contributed by atoms with E-state index in [0.29, 0.717) is 28.4 Å². The van der Waals surface area contributed by atoms with Gasteiger partial charge in [-0.2, -0.15) is 17.6 Å². The van der Waals surface area contributed by atoms with Crippen LogP contribution in [0.1, 0.15) is 23.0 Å². The Labute approximate surface area is 192 Å². The molecular formula is C24H19F3N5O2+. The first-order chi connectivity index (χ1) is 16.1. The minimum absolute atomic E-state index is 0.145. The Bertz CT molecular complexity index is 1390. The largest absolute Gasteiger partial charge is 0.437 e. The third-order valence-electron chi connectivity index (χ3n) is 4.94. The number of rotatable bonds is 5. The Morgan fingerprint density at radius 2 is 1.56 bits per heavy atom. The van der Waals surface area contributed by atoms with Crippen molar-refractivity contribution >= 4 is 47.1 Å². The second kappa shape index (κ2) is 8.81. The fourth-order valence-corrected chi connectivity index (χ4v) is 3.32. The summed E-state index contributed by atoms with van der Waals surface area (Å²) in [4.78, 5) is 27.2. The van der Waals surface area contributed by atoms with Crippen LogP contribution in [0.5, 0.6) is 0 Å². The predicted molar refractivity (Wildman–Crippen MR) is 124 cm³/mol. The molecule has 0 aliphatic rings. The highest BCUT2D eigenvalue weighted by atomic mass is 19.4. The molecule has 4 aromatic rings. The number of alkyl halides is 3. The Hall–Kier alpha value is -4.47. The maximum atomic E-state index is 13.1. The molecule has 0 aliphatic heterocycles. The van der Waals surface area contributed by atoms with Crippen LogP contribution in [0.15, 0.2) is 72.9 Å². The smallest absolute Gasteiger partial charge is 0.326 e. The van der Waals surface area contributed by atoms with Gasteiger partial charge in [-0.15, -0.1) is 0 Å². The van der Waals surface area contributed by atoms with Gasteiger partial charge in [-0.3, -0.25) is 9.59 Å². The lowest BCUT2D eigenvalue weighted by molar-refractivity contribution is -0.140. The van der Waals surface area contributed by atoms with Gasteiger partial charge in [-0.25, -0.2) is 9.56 Å². The van der Waals surface area contributed by atoms with Crippen molar-refractivity contribution in [2.45, 2.75) is 13.1 Å². The summed E-state index contributed by atoms with van der Waals surface area (Å²) in [5.41, 5.74) is 1.26. The fourth-order valence-electron chi connectivity index (χ4n) is 3.32. The molecule has 10 heteroatoms. The Morgan fingerprint density at radius 3 is 2.18 bits per heavy atom. The topological polar surface area (TPSA) is 78.5 Å². The molecule has 2 N–H and O–H groups in total. The van der Waals surface area contributed by atoms with Gasteiger partial charge in [0.15, 0.2) is 5.69 Å². The molecule has 0 saturated heterocycles. The van der Waals surface area contributed by atoms with Crippen LogP contribution >= 0.6 is 0 Å². The van der Waals surface area contributed by atoms with E-state index in [-0.39, 0.29) is 17.5 Å². The first-order valence-electron chi connectivity index (χ1n) is 10.1. The van der Waals surface area contributed by atoms with Crippen LogP contribution in [0.2, 0.25) is 0 Å². The maximum Gasteiger partial charge on any atom is 0.437 e. The van der Waals surface area contributed by atoms with E-state index in [4.69, 9.17) is 0 Å². The van der Waals surface area contributed by atoms with Crippen molar-refractivity contribution in [2.24, 2.45) is 0 Å². The molecule has 0 aliphatic carbocycles. The van der Waals surface area contributed by atoms with Gasteiger partial charge in [-0.05, 0) is 54.6 Å². The number of imidazole rings is 1. The van der Waals surface area contributed by atoms with Gasteiger partial charge in [0, 0.05) is 36.0 Å². The number of carbonyl (C=O) groups excluding carboxylic acids is 2. The first-order valence-corrected chi connectivity index (χ1v) is 10.1. The Balaban J connectivity index is 1.50. The molecule has 2 aromatic heterocycles. The SMILES string of the molecule is C=[N+](c1ccc(NC(=O)c2ccc(NC(C)=O)cc2)cc1)c1cccc2nc(C(F)(F)F)cn12. The van der Waals surface area contributed by atoms with Crippen LogP contribution in [-0.4, -0.2) is 27.9 Å². The van der Waals surface area contributed by atoms with Crippen molar-refractivity contribution in [2.75, 3.05) is 10.6 Å². The van der Waals surface area contributed by atoms with E-state index in [2.05, 4.69) is 22.3 Å². The van der Waals surface area contributed by atoms with Crippen LogP contribution in [0.4, 0.5) is 36.1 Å². The monoisotopic (exact) mass is 466 g/mol. The van der Waals surface area contributed by atoms with E-state index in [0.717, 1.165) is 6.20 Å². The summed E-state index contributed by atoms with van der Waals surface area (Å²) in [5, 5.41) is 5.40. The van der Waals surface area contributed by atoms with E-state index >= 15 is 0 Å². The number of aromatic nitrogens is 2. The highest BCUT2D eigenvalue weighted by Gasteiger charge is 2.36. The number of nitrogens with zero attached hydrogens (tertiary/aromatic N) is 3. The van der Waals surface area contributed by atoms with Gasteiger partial charge in [0.05, 0.1) is 6.72 Å². The summed E-state index contributed by atoms with van der Waals surface area (Å²) < 4.78 is 42.0. The van der Waals surface area contributed by atoms with Crippen LogP contribution in [0.3, 0.4) is 0 Å². The second-order valence-corrected chi connectivity index (χ2v) is 7.42. The Kier molecular flexibility index (Phi) is 5.89. The minimum Gasteiger partial charge on any atom is -0.326 e. The molecule has 4 rings (SSSR count). The number of carbonyl (C=O) groups is 2. The summed E-state index contributed by atoms with van der Waals surface area (Å²) >= 11 is 0. The number of nitrogens with one attached hydrogen (secondary N) is 2. The first kappa shape index (κ1) is 22.7. The van der Waals surface area contributed by atoms with Crippen LogP contribution in [-0.2, 0) is 11.0 Å². The highest BCUT2D eigenvalue weighted by Crippen LogP contribution is 2.30. The fraction of sp³-hybridized carbons (Fsp3) is 0.0833. The average molecular weight is 466 g/mol.